The molecule has 0 unspecified atom stereocenters. The Labute approximate surface area is 116 Å². The van der Waals surface area contributed by atoms with Crippen LogP contribution in [0.25, 0.3) is 10.9 Å². The van der Waals surface area contributed by atoms with Gasteiger partial charge in [0.05, 0.1) is 11.8 Å². The van der Waals surface area contributed by atoms with E-state index in [2.05, 4.69) is 27.4 Å². The van der Waals surface area contributed by atoms with Crippen molar-refractivity contribution in [2.45, 2.75) is 25.9 Å². The van der Waals surface area contributed by atoms with Gasteiger partial charge in [-0.1, -0.05) is 0 Å². The fourth-order valence-electron chi connectivity index (χ4n) is 2.15. The quantitative estimate of drug-likeness (QED) is 0.432. The topological polar surface area (TPSA) is 68.6 Å². The van der Waals surface area contributed by atoms with Gasteiger partial charge in [-0.2, -0.15) is 0 Å². The van der Waals surface area contributed by atoms with E-state index in [1.54, 1.807) is 6.07 Å². The average molecular weight is 276 g/mol. The molecule has 0 fully saturated rings. The summed E-state index contributed by atoms with van der Waals surface area (Å²) in [4.78, 5) is 7.02. The predicted molar refractivity (Wildman–Crippen MR) is 78.7 cm³/mol. The molecule has 0 radical (unpaired) electrons. The number of fused-ring (bicyclic) bond motifs is 1. The van der Waals surface area contributed by atoms with Gasteiger partial charge in [0, 0.05) is 35.3 Å². The number of aliphatic hydroxyl groups is 1. The number of H-pyrrole nitrogens is 1. The summed E-state index contributed by atoms with van der Waals surface area (Å²) in [6.45, 7) is 0.560. The molecule has 100 valence electrons. The van der Waals surface area contributed by atoms with Crippen LogP contribution in [0.15, 0.2) is 23.3 Å². The third kappa shape index (κ3) is 3.20. The van der Waals surface area contributed by atoms with Crippen LogP contribution < -0.4 is 0 Å². The number of benzene rings is 1. The molecule has 1 heterocycles. The van der Waals surface area contributed by atoms with Crippen molar-refractivity contribution >= 4 is 28.3 Å². The second kappa shape index (κ2) is 6.48. The van der Waals surface area contributed by atoms with E-state index >= 15 is 0 Å². The second-order valence-corrected chi connectivity index (χ2v) is 4.61. The number of nitrogens with one attached hydrogen (secondary N) is 1. The maximum atomic E-state index is 9.68. The van der Waals surface area contributed by atoms with Gasteiger partial charge in [0.25, 0.3) is 0 Å². The SMILES string of the molecule is OCc1cc2c(CCCCN=C=S)c[nH]c2cc1O. The van der Waals surface area contributed by atoms with Crippen LogP contribution in [0.2, 0.25) is 0 Å². The van der Waals surface area contributed by atoms with E-state index in [1.165, 1.54) is 5.56 Å². The third-order valence-electron chi connectivity index (χ3n) is 3.17. The summed E-state index contributed by atoms with van der Waals surface area (Å²) in [7, 11) is 0. The summed E-state index contributed by atoms with van der Waals surface area (Å²) in [6.07, 6.45) is 4.88. The van der Waals surface area contributed by atoms with Crippen LogP contribution in [-0.4, -0.2) is 26.9 Å². The van der Waals surface area contributed by atoms with Crippen molar-refractivity contribution in [3.63, 3.8) is 0 Å². The molecule has 0 aliphatic rings. The molecule has 0 atom stereocenters. The highest BCUT2D eigenvalue weighted by Gasteiger charge is 2.08. The highest BCUT2D eigenvalue weighted by atomic mass is 32.1. The molecule has 0 aliphatic heterocycles. The van der Waals surface area contributed by atoms with Crippen LogP contribution in [0.3, 0.4) is 0 Å². The van der Waals surface area contributed by atoms with E-state index in [-0.39, 0.29) is 12.4 Å². The number of thiocarbonyl (C=S) groups is 1. The van der Waals surface area contributed by atoms with Crippen LogP contribution in [-0.2, 0) is 13.0 Å². The second-order valence-electron chi connectivity index (χ2n) is 4.43. The van der Waals surface area contributed by atoms with Crippen molar-refractivity contribution in [1.82, 2.24) is 4.98 Å². The molecule has 0 amide bonds. The minimum Gasteiger partial charge on any atom is -0.508 e. The summed E-state index contributed by atoms with van der Waals surface area (Å²) in [5.74, 6) is 0.124. The monoisotopic (exact) mass is 276 g/mol. The number of aryl methyl sites for hydroxylation is 1. The molecule has 2 aromatic rings. The number of phenols is 1. The Morgan fingerprint density at radius 2 is 2.11 bits per heavy atom. The number of aromatic amines is 1. The van der Waals surface area contributed by atoms with Gasteiger partial charge >= 0.3 is 0 Å². The molecule has 0 saturated carbocycles. The number of nitrogens with zero attached hydrogens (tertiary/aromatic N) is 1. The van der Waals surface area contributed by atoms with Crippen molar-refractivity contribution < 1.29 is 10.2 Å². The Hall–Kier alpha value is -1.68. The third-order valence-corrected chi connectivity index (χ3v) is 3.30. The van der Waals surface area contributed by atoms with Crippen molar-refractivity contribution in [2.75, 3.05) is 6.54 Å². The van der Waals surface area contributed by atoms with Crippen molar-refractivity contribution in [2.24, 2.45) is 4.99 Å². The first-order valence-electron chi connectivity index (χ1n) is 6.22. The lowest BCUT2D eigenvalue weighted by Crippen LogP contribution is -1.88. The molecule has 0 spiro atoms. The van der Waals surface area contributed by atoms with Crippen LogP contribution in [0, 0.1) is 0 Å². The molecule has 0 aliphatic carbocycles. The summed E-state index contributed by atoms with van der Waals surface area (Å²) >= 11 is 4.52. The Morgan fingerprint density at radius 3 is 2.84 bits per heavy atom. The fourth-order valence-corrected chi connectivity index (χ4v) is 2.24. The minimum atomic E-state index is -0.157. The van der Waals surface area contributed by atoms with E-state index in [1.807, 2.05) is 12.3 Å². The van der Waals surface area contributed by atoms with Crippen LogP contribution in [0.1, 0.15) is 24.0 Å². The molecule has 1 aromatic heterocycles. The van der Waals surface area contributed by atoms with Gasteiger partial charge in [-0.15, -0.1) is 0 Å². The van der Waals surface area contributed by atoms with Gasteiger partial charge in [-0.3, -0.25) is 0 Å². The van der Waals surface area contributed by atoms with Crippen LogP contribution in [0.5, 0.6) is 5.75 Å². The Kier molecular flexibility index (Phi) is 4.68. The summed E-state index contributed by atoms with van der Waals surface area (Å²) in [5.41, 5.74) is 2.64. The maximum absolute atomic E-state index is 9.68. The zero-order chi connectivity index (χ0) is 13.7. The fraction of sp³-hybridized carbons (Fsp3) is 0.357. The molecule has 4 nitrogen and oxygen atoms in total. The molecule has 19 heavy (non-hydrogen) atoms. The molecule has 1 aromatic carbocycles. The normalized spacial score (nSPS) is 10.6. The zero-order valence-electron chi connectivity index (χ0n) is 10.5. The summed E-state index contributed by atoms with van der Waals surface area (Å²) in [6, 6.07) is 3.49. The number of hydrogen-bond acceptors (Lipinski definition) is 4. The zero-order valence-corrected chi connectivity index (χ0v) is 11.3. The molecular formula is C14H16N2O2S. The standard InChI is InChI=1S/C14H16N2O2S/c17-8-11-5-12-10(3-1-2-4-15-9-19)7-16-13(12)6-14(11)18/h5-7,16-18H,1-4,8H2. The number of aliphatic imine (C=N–C) groups is 1. The van der Waals surface area contributed by atoms with E-state index in [9.17, 15) is 10.2 Å². The molecule has 3 N–H and O–H groups in total. The van der Waals surface area contributed by atoms with Crippen LogP contribution in [0.4, 0.5) is 0 Å². The molecule has 2 rings (SSSR count). The van der Waals surface area contributed by atoms with Crippen molar-refractivity contribution in [3.8, 4) is 5.75 Å². The molecule has 0 saturated heterocycles. The lowest BCUT2D eigenvalue weighted by atomic mass is 10.0. The van der Waals surface area contributed by atoms with Gasteiger partial charge in [0.2, 0.25) is 0 Å². The van der Waals surface area contributed by atoms with Crippen molar-refractivity contribution in [3.05, 3.63) is 29.5 Å². The first kappa shape index (κ1) is 13.7. The van der Waals surface area contributed by atoms with E-state index in [4.69, 9.17) is 0 Å². The largest absolute Gasteiger partial charge is 0.508 e. The van der Waals surface area contributed by atoms with Gasteiger partial charge in [-0.25, -0.2) is 4.99 Å². The summed E-state index contributed by atoms with van der Waals surface area (Å²) in [5, 5.41) is 22.3. The van der Waals surface area contributed by atoms with Gasteiger partial charge < -0.3 is 15.2 Å². The number of isothiocyanates is 1. The number of hydrogen-bond donors (Lipinski definition) is 3. The first-order valence-corrected chi connectivity index (χ1v) is 6.63. The average Bonchev–Trinajstić information content (AvgIpc) is 2.79. The lowest BCUT2D eigenvalue weighted by Gasteiger charge is -2.03. The summed E-state index contributed by atoms with van der Waals surface area (Å²) < 4.78 is 0. The molecule has 5 heteroatoms. The first-order chi connectivity index (χ1) is 9.26. The number of unbranched alkanes of at least 4 members (excludes halogenated alkanes) is 1. The van der Waals surface area contributed by atoms with Gasteiger partial charge in [0.1, 0.15) is 5.75 Å². The number of rotatable bonds is 6. The number of aromatic hydroxyl groups is 1. The molecule has 0 bridgehead atoms. The smallest absolute Gasteiger partial charge is 0.123 e. The highest BCUT2D eigenvalue weighted by molar-refractivity contribution is 7.78. The van der Waals surface area contributed by atoms with Crippen LogP contribution >= 0.6 is 12.2 Å². The van der Waals surface area contributed by atoms with Crippen molar-refractivity contribution in [1.29, 1.82) is 0 Å². The Bertz CT molecular complexity index is 615. The highest BCUT2D eigenvalue weighted by Crippen LogP contribution is 2.27. The van der Waals surface area contributed by atoms with E-state index < -0.39 is 0 Å². The van der Waals surface area contributed by atoms with Gasteiger partial charge in [0.15, 0.2) is 0 Å². The lowest BCUT2D eigenvalue weighted by molar-refractivity contribution is 0.276. The predicted octanol–water partition coefficient (Wildman–Crippen LogP) is 2.79. The minimum absolute atomic E-state index is 0.124. The van der Waals surface area contributed by atoms with E-state index in [0.29, 0.717) is 12.1 Å². The Morgan fingerprint density at radius 1 is 1.26 bits per heavy atom. The van der Waals surface area contributed by atoms with E-state index in [0.717, 1.165) is 30.2 Å². The Balaban J connectivity index is 2.13. The number of aliphatic hydroxyl groups excluding tert-OH is 1. The maximum Gasteiger partial charge on any atom is 0.123 e. The molecular weight excluding hydrogens is 260 g/mol. The van der Waals surface area contributed by atoms with Gasteiger partial charge in [-0.05, 0) is 43.1 Å². The number of aromatic nitrogens is 1.